The van der Waals surface area contributed by atoms with Crippen LogP contribution in [0.3, 0.4) is 0 Å². The van der Waals surface area contributed by atoms with Crippen LogP contribution in [0.4, 0.5) is 11.5 Å². The molecule has 1 amide bonds. The quantitative estimate of drug-likeness (QED) is 0.639. The first-order valence-electron chi connectivity index (χ1n) is 9.25. The largest absolute Gasteiger partial charge is 0.497 e. The third-order valence-electron chi connectivity index (χ3n) is 4.54. The van der Waals surface area contributed by atoms with E-state index in [-0.39, 0.29) is 12.7 Å². The Morgan fingerprint density at radius 2 is 1.90 bits per heavy atom. The highest BCUT2D eigenvalue weighted by atomic mass is 16.7. The van der Waals surface area contributed by atoms with Crippen molar-refractivity contribution in [2.45, 2.75) is 6.42 Å². The van der Waals surface area contributed by atoms with E-state index in [1.54, 1.807) is 37.6 Å². The fourth-order valence-electron chi connectivity index (χ4n) is 2.94. The summed E-state index contributed by atoms with van der Waals surface area (Å²) in [4.78, 5) is 16.7. The van der Waals surface area contributed by atoms with Gasteiger partial charge in [-0.25, -0.2) is 4.98 Å². The first kappa shape index (κ1) is 18.6. The Bertz CT molecular complexity index is 988. The van der Waals surface area contributed by atoms with Crippen molar-refractivity contribution in [3.05, 3.63) is 71.9 Å². The number of carbonyl (C=O) groups excluding carboxylic acids is 1. The molecule has 2 heterocycles. The van der Waals surface area contributed by atoms with Gasteiger partial charge in [0.1, 0.15) is 11.6 Å². The molecule has 0 radical (unpaired) electrons. The van der Waals surface area contributed by atoms with Gasteiger partial charge in [-0.3, -0.25) is 4.79 Å². The van der Waals surface area contributed by atoms with Crippen LogP contribution in [0.2, 0.25) is 0 Å². The molecule has 1 aliphatic rings. The predicted octanol–water partition coefficient (Wildman–Crippen LogP) is 3.73. The van der Waals surface area contributed by atoms with Gasteiger partial charge in [-0.2, -0.15) is 0 Å². The predicted molar refractivity (Wildman–Crippen MR) is 110 cm³/mol. The van der Waals surface area contributed by atoms with Crippen molar-refractivity contribution in [2.75, 3.05) is 31.1 Å². The van der Waals surface area contributed by atoms with Crippen LogP contribution in [0.5, 0.6) is 17.2 Å². The molecule has 0 fully saturated rings. The summed E-state index contributed by atoms with van der Waals surface area (Å²) in [7, 11) is 1.66. The van der Waals surface area contributed by atoms with Crippen LogP contribution in [0.1, 0.15) is 15.9 Å². The minimum Gasteiger partial charge on any atom is -0.497 e. The molecule has 0 unspecified atom stereocenters. The summed E-state index contributed by atoms with van der Waals surface area (Å²) in [5.74, 6) is 2.29. The fraction of sp³-hybridized carbons (Fsp3) is 0.182. The second-order valence-electron chi connectivity index (χ2n) is 6.48. The molecule has 2 aromatic carbocycles. The Morgan fingerprint density at radius 3 is 2.66 bits per heavy atom. The molecule has 0 spiro atoms. The number of nitrogens with one attached hydrogen (secondary N) is 2. The highest BCUT2D eigenvalue weighted by Gasteiger charge is 2.16. The first-order chi connectivity index (χ1) is 14.2. The maximum atomic E-state index is 12.4. The van der Waals surface area contributed by atoms with Gasteiger partial charge in [-0.1, -0.05) is 12.1 Å². The van der Waals surface area contributed by atoms with Gasteiger partial charge >= 0.3 is 0 Å². The second kappa shape index (κ2) is 8.52. The van der Waals surface area contributed by atoms with Crippen molar-refractivity contribution in [2.24, 2.45) is 0 Å². The van der Waals surface area contributed by atoms with E-state index in [9.17, 15) is 4.79 Å². The smallest absolute Gasteiger partial charge is 0.256 e. The molecule has 148 valence electrons. The Hall–Kier alpha value is -3.74. The Morgan fingerprint density at radius 1 is 1.07 bits per heavy atom. The van der Waals surface area contributed by atoms with E-state index in [1.807, 2.05) is 30.3 Å². The summed E-state index contributed by atoms with van der Waals surface area (Å²) in [6.45, 7) is 0.950. The van der Waals surface area contributed by atoms with E-state index in [0.717, 1.165) is 24.4 Å². The van der Waals surface area contributed by atoms with Crippen LogP contribution in [0, 0.1) is 0 Å². The van der Waals surface area contributed by atoms with Crippen molar-refractivity contribution in [1.82, 2.24) is 4.98 Å². The molecule has 7 heteroatoms. The molecule has 0 bridgehead atoms. The number of amides is 1. The van der Waals surface area contributed by atoms with Crippen LogP contribution in [0.15, 0.2) is 60.8 Å². The number of nitrogens with zero attached hydrogens (tertiary/aromatic N) is 1. The van der Waals surface area contributed by atoms with Crippen molar-refractivity contribution in [1.29, 1.82) is 0 Å². The van der Waals surface area contributed by atoms with Gasteiger partial charge < -0.3 is 24.8 Å². The Labute approximate surface area is 168 Å². The molecule has 29 heavy (non-hydrogen) atoms. The van der Waals surface area contributed by atoms with E-state index < -0.39 is 0 Å². The zero-order valence-electron chi connectivity index (χ0n) is 16.0. The molecule has 0 saturated heterocycles. The summed E-state index contributed by atoms with van der Waals surface area (Å²) >= 11 is 0. The third kappa shape index (κ3) is 4.57. The van der Waals surface area contributed by atoms with Crippen molar-refractivity contribution >= 4 is 17.4 Å². The van der Waals surface area contributed by atoms with Gasteiger partial charge in [-0.15, -0.1) is 0 Å². The highest BCUT2D eigenvalue weighted by molar-refractivity contribution is 6.04. The van der Waals surface area contributed by atoms with Crippen LogP contribution < -0.4 is 24.8 Å². The van der Waals surface area contributed by atoms with Gasteiger partial charge in [0.05, 0.1) is 19.0 Å². The molecule has 4 rings (SSSR count). The van der Waals surface area contributed by atoms with Gasteiger partial charge in [0.15, 0.2) is 11.5 Å². The fourth-order valence-corrected chi connectivity index (χ4v) is 2.94. The second-order valence-corrected chi connectivity index (χ2v) is 6.48. The number of carbonyl (C=O) groups is 1. The van der Waals surface area contributed by atoms with Crippen LogP contribution >= 0.6 is 0 Å². The average Bonchev–Trinajstić information content (AvgIpc) is 3.23. The number of ether oxygens (including phenoxy) is 3. The van der Waals surface area contributed by atoms with E-state index in [0.29, 0.717) is 22.9 Å². The first-order valence-corrected chi connectivity index (χ1v) is 9.25. The summed E-state index contributed by atoms with van der Waals surface area (Å²) in [6, 6.07) is 16.7. The van der Waals surface area contributed by atoms with Gasteiger partial charge in [0.2, 0.25) is 6.79 Å². The van der Waals surface area contributed by atoms with Crippen LogP contribution in [0.25, 0.3) is 0 Å². The number of hydrogen-bond acceptors (Lipinski definition) is 6. The monoisotopic (exact) mass is 391 g/mol. The van der Waals surface area contributed by atoms with Crippen LogP contribution in [-0.4, -0.2) is 31.3 Å². The average molecular weight is 391 g/mol. The molecule has 1 aromatic heterocycles. The molecular formula is C22H21N3O4. The number of pyridine rings is 1. The SMILES string of the molecule is COc1ccc(CCNc2ccc(NC(=O)c3ccc4c(c3)OCO4)nc2)cc1. The number of aromatic nitrogens is 1. The summed E-state index contributed by atoms with van der Waals surface area (Å²) in [5.41, 5.74) is 2.59. The number of hydrogen-bond donors (Lipinski definition) is 2. The molecule has 7 nitrogen and oxygen atoms in total. The molecule has 0 saturated carbocycles. The third-order valence-corrected chi connectivity index (χ3v) is 4.54. The lowest BCUT2D eigenvalue weighted by Gasteiger charge is -2.09. The topological polar surface area (TPSA) is 81.7 Å². The zero-order chi connectivity index (χ0) is 20.1. The zero-order valence-corrected chi connectivity index (χ0v) is 16.0. The number of rotatable bonds is 7. The maximum absolute atomic E-state index is 12.4. The van der Waals surface area contributed by atoms with E-state index >= 15 is 0 Å². The van der Waals surface area contributed by atoms with E-state index in [2.05, 4.69) is 15.6 Å². The van der Waals surface area contributed by atoms with Gasteiger partial charge in [0, 0.05) is 12.1 Å². The number of benzene rings is 2. The maximum Gasteiger partial charge on any atom is 0.256 e. The van der Waals surface area contributed by atoms with Crippen molar-refractivity contribution < 1.29 is 19.0 Å². The minimum absolute atomic E-state index is 0.175. The lowest BCUT2D eigenvalue weighted by atomic mass is 10.1. The normalized spacial score (nSPS) is 11.8. The standard InChI is InChI=1S/C22H21N3O4/c1-27-18-6-2-15(3-7-18)10-11-23-17-5-9-21(24-13-17)25-22(26)16-4-8-19-20(12-16)29-14-28-19/h2-9,12-13,23H,10-11,14H2,1H3,(H,24,25,26). The molecule has 0 aliphatic carbocycles. The van der Waals surface area contributed by atoms with Gasteiger partial charge in [0.25, 0.3) is 5.91 Å². The van der Waals surface area contributed by atoms with Crippen molar-refractivity contribution in [3.8, 4) is 17.2 Å². The Balaban J connectivity index is 1.29. The summed E-state index contributed by atoms with van der Waals surface area (Å²) in [6.07, 6.45) is 2.58. The highest BCUT2D eigenvalue weighted by Crippen LogP contribution is 2.32. The Kier molecular flexibility index (Phi) is 5.47. The molecular weight excluding hydrogens is 370 g/mol. The molecule has 3 aromatic rings. The number of methoxy groups -OCH3 is 1. The van der Waals surface area contributed by atoms with Crippen LogP contribution in [-0.2, 0) is 6.42 Å². The molecule has 1 aliphatic heterocycles. The molecule has 0 atom stereocenters. The summed E-state index contributed by atoms with van der Waals surface area (Å²) in [5, 5.41) is 6.11. The molecule has 2 N–H and O–H groups in total. The summed E-state index contributed by atoms with van der Waals surface area (Å²) < 4.78 is 15.7. The minimum atomic E-state index is -0.254. The number of fused-ring (bicyclic) bond motifs is 1. The van der Waals surface area contributed by atoms with Gasteiger partial charge in [-0.05, 0) is 54.4 Å². The van der Waals surface area contributed by atoms with Crippen molar-refractivity contribution in [3.63, 3.8) is 0 Å². The number of anilines is 2. The van der Waals surface area contributed by atoms with E-state index in [1.165, 1.54) is 5.56 Å². The lowest BCUT2D eigenvalue weighted by molar-refractivity contribution is 0.102. The lowest BCUT2D eigenvalue weighted by Crippen LogP contribution is -2.13. The van der Waals surface area contributed by atoms with E-state index in [4.69, 9.17) is 14.2 Å².